The van der Waals surface area contributed by atoms with Crippen LogP contribution in [-0.4, -0.2) is 30.0 Å². The normalized spacial score (nSPS) is 11.1. The molecule has 0 unspecified atom stereocenters. The van der Waals surface area contributed by atoms with Gasteiger partial charge < -0.3 is 15.2 Å². The molecule has 1 amide bonds. The number of anilines is 1. The van der Waals surface area contributed by atoms with Crippen molar-refractivity contribution in [1.29, 1.82) is 0 Å². The highest BCUT2D eigenvalue weighted by atomic mass is 32.2. The van der Waals surface area contributed by atoms with Crippen molar-refractivity contribution in [2.45, 2.75) is 38.0 Å². The lowest BCUT2D eigenvalue weighted by Gasteiger charge is -2.13. The van der Waals surface area contributed by atoms with Crippen molar-refractivity contribution < 1.29 is 4.79 Å². The van der Waals surface area contributed by atoms with Gasteiger partial charge in [-0.05, 0) is 55.7 Å². The van der Waals surface area contributed by atoms with E-state index < -0.39 is 0 Å². The maximum absolute atomic E-state index is 12.9. The molecule has 0 aliphatic carbocycles. The lowest BCUT2D eigenvalue weighted by atomic mass is 10.2. The molecular weight excluding hydrogens is 464 g/mol. The largest absolute Gasteiger partial charge is 0.378 e. The zero-order chi connectivity index (χ0) is 24.4. The van der Waals surface area contributed by atoms with Crippen LogP contribution in [0.2, 0.25) is 0 Å². The molecule has 4 rings (SSSR count). The van der Waals surface area contributed by atoms with E-state index in [1.165, 1.54) is 27.4 Å². The first-order valence-corrected chi connectivity index (χ1v) is 12.8. The Morgan fingerprint density at radius 2 is 1.94 bits per heavy atom. The van der Waals surface area contributed by atoms with Gasteiger partial charge in [0.15, 0.2) is 0 Å². The van der Waals surface area contributed by atoms with Crippen molar-refractivity contribution in [3.05, 3.63) is 85.8 Å². The average molecular weight is 493 g/mol. The van der Waals surface area contributed by atoms with Gasteiger partial charge in [-0.25, -0.2) is 4.98 Å². The molecule has 0 spiro atoms. The van der Waals surface area contributed by atoms with Crippen molar-refractivity contribution in [1.82, 2.24) is 15.3 Å². The van der Waals surface area contributed by atoms with Crippen LogP contribution >= 0.6 is 23.1 Å². The molecule has 0 atom stereocenters. The fraction of sp³-hybridized carbons (Fsp3) is 0.269. The van der Waals surface area contributed by atoms with Crippen LogP contribution in [0.1, 0.15) is 37.7 Å². The van der Waals surface area contributed by atoms with E-state index in [1.807, 2.05) is 50.2 Å². The number of fused-ring (bicyclic) bond motifs is 1. The number of carbonyl (C=O) groups excluding carboxylic acids is 1. The highest BCUT2D eigenvalue weighted by Crippen LogP contribution is 2.29. The van der Waals surface area contributed by atoms with E-state index in [1.54, 1.807) is 11.8 Å². The summed E-state index contributed by atoms with van der Waals surface area (Å²) in [5.41, 5.74) is 4.95. The monoisotopic (exact) mass is 492 g/mol. The third-order valence-corrected chi connectivity index (χ3v) is 8.00. The van der Waals surface area contributed by atoms with Crippen LogP contribution < -0.4 is 15.8 Å². The van der Waals surface area contributed by atoms with Crippen LogP contribution in [-0.2, 0) is 12.3 Å². The first kappa shape index (κ1) is 24.0. The second kappa shape index (κ2) is 10.0. The molecule has 176 valence electrons. The average Bonchev–Trinajstić information content (AvgIpc) is 3.15. The number of aromatic amines is 1. The number of nitrogens with one attached hydrogen (secondary N) is 2. The van der Waals surface area contributed by atoms with E-state index in [0.29, 0.717) is 38.8 Å². The number of hydrogen-bond donors (Lipinski definition) is 2. The Bertz CT molecular complexity index is 1420. The molecule has 6 nitrogen and oxygen atoms in total. The zero-order valence-corrected chi connectivity index (χ0v) is 21.6. The predicted octanol–water partition coefficient (Wildman–Crippen LogP) is 5.20. The number of thiophene rings is 1. The topological polar surface area (TPSA) is 78.1 Å². The number of rotatable bonds is 7. The molecule has 8 heteroatoms. The Kier molecular flexibility index (Phi) is 7.09. The molecule has 4 aromatic rings. The molecule has 34 heavy (non-hydrogen) atoms. The van der Waals surface area contributed by atoms with Gasteiger partial charge in [0.2, 0.25) is 0 Å². The maximum Gasteiger partial charge on any atom is 0.261 e. The minimum Gasteiger partial charge on any atom is -0.378 e. The van der Waals surface area contributed by atoms with Gasteiger partial charge in [-0.15, -0.1) is 23.1 Å². The standard InChI is InChI=1S/C26H28N4O2S2/c1-15-9-10-16(2)20(11-15)33-14-21-28-24(31)22-17(3)23(34-26(22)29-21)25(32)27-13-18-7-6-8-19(12-18)30(4)5/h6-12H,13-14H2,1-5H3,(H,27,32)(H,28,29,31). The summed E-state index contributed by atoms with van der Waals surface area (Å²) in [6, 6.07) is 14.4. The lowest BCUT2D eigenvalue weighted by molar-refractivity contribution is 0.0954. The summed E-state index contributed by atoms with van der Waals surface area (Å²) in [5.74, 6) is 0.967. The second-order valence-electron chi connectivity index (χ2n) is 8.55. The summed E-state index contributed by atoms with van der Waals surface area (Å²) in [6.07, 6.45) is 0. The van der Waals surface area contributed by atoms with Crippen molar-refractivity contribution in [3.8, 4) is 0 Å². The maximum atomic E-state index is 12.9. The smallest absolute Gasteiger partial charge is 0.261 e. The van der Waals surface area contributed by atoms with Crippen LogP contribution in [0.5, 0.6) is 0 Å². The third kappa shape index (κ3) is 5.18. The van der Waals surface area contributed by atoms with E-state index in [-0.39, 0.29) is 11.5 Å². The SMILES string of the molecule is Cc1ccc(C)c(SCc2nc3sc(C(=O)NCc4cccc(N(C)C)c4)c(C)c3c(=O)[nH]2)c1. The first-order valence-electron chi connectivity index (χ1n) is 11.0. The number of nitrogens with zero attached hydrogens (tertiary/aromatic N) is 2. The van der Waals surface area contributed by atoms with Crippen molar-refractivity contribution >= 4 is 44.9 Å². The Hall–Kier alpha value is -3.10. The van der Waals surface area contributed by atoms with Gasteiger partial charge in [0.05, 0.1) is 16.0 Å². The van der Waals surface area contributed by atoms with Crippen LogP contribution in [0.15, 0.2) is 52.2 Å². The van der Waals surface area contributed by atoms with Gasteiger partial charge in [-0.2, -0.15) is 0 Å². The highest BCUT2D eigenvalue weighted by molar-refractivity contribution is 7.98. The Morgan fingerprint density at radius 1 is 1.15 bits per heavy atom. The number of H-pyrrole nitrogens is 1. The molecule has 0 radical (unpaired) electrons. The number of aryl methyl sites for hydroxylation is 3. The second-order valence-corrected chi connectivity index (χ2v) is 10.6. The number of thioether (sulfide) groups is 1. The molecular formula is C26H28N4O2S2. The molecule has 0 aliphatic heterocycles. The number of hydrogen-bond acceptors (Lipinski definition) is 6. The molecule has 0 aliphatic rings. The van der Waals surface area contributed by atoms with Crippen LogP contribution in [0.4, 0.5) is 5.69 Å². The summed E-state index contributed by atoms with van der Waals surface area (Å²) in [6.45, 7) is 6.36. The van der Waals surface area contributed by atoms with Gasteiger partial charge >= 0.3 is 0 Å². The molecule has 2 aromatic heterocycles. The van der Waals surface area contributed by atoms with Crippen molar-refractivity contribution in [3.63, 3.8) is 0 Å². The summed E-state index contributed by atoms with van der Waals surface area (Å²) < 4.78 is 0. The summed E-state index contributed by atoms with van der Waals surface area (Å²) >= 11 is 2.92. The zero-order valence-electron chi connectivity index (χ0n) is 20.0. The van der Waals surface area contributed by atoms with Gasteiger partial charge in [-0.1, -0.05) is 29.8 Å². The van der Waals surface area contributed by atoms with Crippen LogP contribution in [0.3, 0.4) is 0 Å². The van der Waals surface area contributed by atoms with Gasteiger partial charge in [0.25, 0.3) is 11.5 Å². The van der Waals surface area contributed by atoms with Crippen molar-refractivity contribution in [2.24, 2.45) is 0 Å². The van der Waals surface area contributed by atoms with Gasteiger partial charge in [0, 0.05) is 31.2 Å². The van der Waals surface area contributed by atoms with Gasteiger partial charge in [-0.3, -0.25) is 9.59 Å². The quantitative estimate of drug-likeness (QED) is 0.347. The molecule has 0 saturated carbocycles. The number of aromatic nitrogens is 2. The predicted molar refractivity (Wildman–Crippen MR) is 142 cm³/mol. The Labute approximate surface area is 207 Å². The van der Waals surface area contributed by atoms with Crippen molar-refractivity contribution in [2.75, 3.05) is 19.0 Å². The van der Waals surface area contributed by atoms with E-state index in [4.69, 9.17) is 0 Å². The number of carbonyl (C=O) groups is 1. The van der Waals surface area contributed by atoms with E-state index >= 15 is 0 Å². The molecule has 2 heterocycles. The summed E-state index contributed by atoms with van der Waals surface area (Å²) in [7, 11) is 3.97. The fourth-order valence-electron chi connectivity index (χ4n) is 3.69. The summed E-state index contributed by atoms with van der Waals surface area (Å²) in [5, 5.41) is 3.48. The molecule has 2 N–H and O–H groups in total. The number of benzene rings is 2. The Balaban J connectivity index is 1.53. The van der Waals surface area contributed by atoms with Gasteiger partial charge in [0.1, 0.15) is 10.7 Å². The molecule has 2 aromatic carbocycles. The molecule has 0 bridgehead atoms. The summed E-state index contributed by atoms with van der Waals surface area (Å²) in [4.78, 5) is 37.7. The number of amides is 1. The van der Waals surface area contributed by atoms with E-state index in [0.717, 1.165) is 11.3 Å². The minimum absolute atomic E-state index is 0.193. The first-order chi connectivity index (χ1) is 16.2. The Morgan fingerprint density at radius 3 is 2.71 bits per heavy atom. The van der Waals surface area contributed by atoms with E-state index in [9.17, 15) is 9.59 Å². The van der Waals surface area contributed by atoms with Crippen LogP contribution in [0, 0.1) is 20.8 Å². The van der Waals surface area contributed by atoms with Crippen LogP contribution in [0.25, 0.3) is 10.2 Å². The third-order valence-electron chi connectivity index (χ3n) is 5.64. The minimum atomic E-state index is -0.201. The lowest BCUT2D eigenvalue weighted by Crippen LogP contribution is -2.22. The van der Waals surface area contributed by atoms with E-state index in [2.05, 4.69) is 47.3 Å². The fourth-order valence-corrected chi connectivity index (χ4v) is 5.80. The molecule has 0 fully saturated rings. The highest BCUT2D eigenvalue weighted by Gasteiger charge is 2.19. The molecule has 0 saturated heterocycles.